The van der Waals surface area contributed by atoms with E-state index in [1.54, 1.807) is 13.6 Å². The summed E-state index contributed by atoms with van der Waals surface area (Å²) < 4.78 is 10.8. The van der Waals surface area contributed by atoms with Crippen molar-refractivity contribution in [2.75, 3.05) is 23.4 Å². The van der Waals surface area contributed by atoms with Crippen LogP contribution in [0.3, 0.4) is 0 Å². The van der Waals surface area contributed by atoms with E-state index < -0.39 is 31.3 Å². The standard InChI is InChI=1S/C19H31BClNO3.C16H27BN2O3.C14H20ClNO2.C2H3ClO/c1-14-8-9-15(7-6-10-21)11-16(14)12-17(22-20(5)24)13-18(23)25-19(2,3)4;1-11-6-7-13(18)8-12(11)9-14(19-17(5)21)10-15(20)22-16(2,3)4;1-10-4-5-11(3-2-6-15)7-12(10)8-13(16)9-14(17)18;3-1-2-4/h8-9,11,17,22,24H,6-7,10,12-13H2,1-5H3;6-8,14,19,21H,9-10,18H2,1-5H3;4-5,7,13H,2-3,6,8-9,16H2,1H3,(H,17,18);2H,1H2/t17-;14-;13-;/m000./s1. The van der Waals surface area contributed by atoms with Gasteiger partial charge in [-0.05, 0) is 178 Å². The van der Waals surface area contributed by atoms with E-state index >= 15 is 0 Å². The van der Waals surface area contributed by atoms with E-state index in [0.29, 0.717) is 43.0 Å². The van der Waals surface area contributed by atoms with Crippen LogP contribution in [0.25, 0.3) is 0 Å². The number of nitrogen functional groups attached to an aromatic ring is 1. The molecule has 3 rings (SSSR count). The highest BCUT2D eigenvalue weighted by atomic mass is 35.5. The SMILES string of the molecule is CB(O)N[C@H](CC(=O)OC(C)(C)C)Cc1cc(CCCCl)ccc1C.CB(O)N[C@H](CC(=O)OC(C)(C)C)Cc1cc(N)ccc1C.Cc1ccc(CCCCl)cc1C[C@H](N)CC(=O)O.O=CCCl. The van der Waals surface area contributed by atoms with Crippen LogP contribution in [-0.2, 0) is 60.8 Å². The highest BCUT2D eigenvalue weighted by Gasteiger charge is 2.24. The lowest BCUT2D eigenvalue weighted by Crippen LogP contribution is -2.43. The molecule has 0 bridgehead atoms. The third-order valence-corrected chi connectivity index (χ3v) is 10.6. The third-order valence-electron chi connectivity index (χ3n) is 9.93. The van der Waals surface area contributed by atoms with Crippen LogP contribution in [0, 0.1) is 20.8 Å². The maximum atomic E-state index is 12.2. The zero-order chi connectivity index (χ0) is 52.9. The van der Waals surface area contributed by atoms with Gasteiger partial charge in [0.05, 0.1) is 25.1 Å². The lowest BCUT2D eigenvalue weighted by molar-refractivity contribution is -0.156. The third kappa shape index (κ3) is 33.5. The number of esters is 2. The Hall–Kier alpha value is -3.66. The molecule has 0 heterocycles. The van der Waals surface area contributed by atoms with Gasteiger partial charge in [0.25, 0.3) is 0 Å². The maximum absolute atomic E-state index is 12.2. The summed E-state index contributed by atoms with van der Waals surface area (Å²) in [5, 5.41) is 34.1. The van der Waals surface area contributed by atoms with Crippen molar-refractivity contribution in [3.05, 3.63) is 99.1 Å². The molecule has 0 fully saturated rings. The molecule has 0 unspecified atom stereocenters. The Labute approximate surface area is 428 Å². The van der Waals surface area contributed by atoms with Crippen LogP contribution in [0.5, 0.6) is 0 Å². The van der Waals surface area contributed by atoms with Crippen molar-refractivity contribution >= 4 is 78.8 Å². The second-order valence-electron chi connectivity index (χ2n) is 19.2. The Bertz CT molecular complexity index is 1980. The van der Waals surface area contributed by atoms with E-state index in [4.69, 9.17) is 65.6 Å². The van der Waals surface area contributed by atoms with Crippen LogP contribution in [-0.4, -0.2) is 100 Å². The first-order chi connectivity index (χ1) is 32.1. The lowest BCUT2D eigenvalue weighted by Gasteiger charge is -2.24. The molecule has 0 aliphatic rings. The molecule has 9 N–H and O–H groups in total. The highest BCUT2D eigenvalue weighted by Crippen LogP contribution is 2.20. The van der Waals surface area contributed by atoms with Crippen molar-refractivity contribution in [1.82, 2.24) is 10.5 Å². The molecule has 0 amide bonds. The number of ether oxygens (including phenoxy) is 2. The second kappa shape index (κ2) is 34.6. The smallest absolute Gasteiger partial charge is 0.373 e. The second-order valence-corrected chi connectivity index (χ2v) is 20.3. The quantitative estimate of drug-likeness (QED) is 0.0156. The Morgan fingerprint density at radius 1 is 0.667 bits per heavy atom. The number of halogens is 3. The number of carbonyl (C=O) groups is 4. The van der Waals surface area contributed by atoms with Gasteiger partial charge in [-0.1, -0.05) is 42.5 Å². The van der Waals surface area contributed by atoms with Gasteiger partial charge in [-0.15, -0.1) is 34.8 Å². The first kappa shape index (κ1) is 65.3. The highest BCUT2D eigenvalue weighted by molar-refractivity contribution is 6.45. The number of carboxylic acid groups (broad SMARTS) is 1. The zero-order valence-electron chi connectivity index (χ0n) is 42.9. The summed E-state index contributed by atoms with van der Waals surface area (Å²) in [7, 11) is -1.39. The summed E-state index contributed by atoms with van der Waals surface area (Å²) in [4.78, 5) is 43.8. The molecule has 18 heteroatoms. The van der Waals surface area contributed by atoms with E-state index in [1.807, 2.05) is 73.6 Å². The Kier molecular flexibility index (Phi) is 32.8. The summed E-state index contributed by atoms with van der Waals surface area (Å²) in [6, 6.07) is 17.7. The van der Waals surface area contributed by atoms with Gasteiger partial charge in [-0.3, -0.25) is 14.4 Å². The van der Waals surface area contributed by atoms with Gasteiger partial charge in [0, 0.05) is 35.6 Å². The first-order valence-electron chi connectivity index (χ1n) is 23.5. The summed E-state index contributed by atoms with van der Waals surface area (Å²) >= 11 is 16.3. The molecule has 386 valence electrons. The summed E-state index contributed by atoms with van der Waals surface area (Å²) in [6.45, 7) is 20.5. The number of nitrogens with one attached hydrogen (secondary N) is 2. The van der Waals surface area contributed by atoms with Crippen molar-refractivity contribution in [2.45, 2.75) is 169 Å². The normalized spacial score (nSPS) is 12.3. The molecule has 0 aliphatic carbocycles. The molecule has 0 aromatic heterocycles. The van der Waals surface area contributed by atoms with Crippen molar-refractivity contribution in [2.24, 2.45) is 5.73 Å². The minimum Gasteiger partial charge on any atom is -0.481 e. The largest absolute Gasteiger partial charge is 0.481 e. The number of carbonyl (C=O) groups excluding carboxylic acids is 3. The van der Waals surface area contributed by atoms with Crippen LogP contribution >= 0.6 is 34.8 Å². The number of benzene rings is 3. The van der Waals surface area contributed by atoms with Crippen molar-refractivity contribution in [3.8, 4) is 0 Å². The van der Waals surface area contributed by atoms with Crippen LogP contribution in [0.2, 0.25) is 13.6 Å². The van der Waals surface area contributed by atoms with Crippen LogP contribution in [0.15, 0.2) is 54.6 Å². The Morgan fingerprint density at radius 2 is 1.03 bits per heavy atom. The molecule has 3 atom stereocenters. The van der Waals surface area contributed by atoms with E-state index in [1.165, 1.54) is 22.3 Å². The average molecular weight is 1020 g/mol. The molecule has 3 aromatic rings. The van der Waals surface area contributed by atoms with Gasteiger partial charge in [0.15, 0.2) is 0 Å². The average Bonchev–Trinajstić information content (AvgIpc) is 3.21. The van der Waals surface area contributed by atoms with E-state index in [0.717, 1.165) is 47.9 Å². The molecule has 0 saturated heterocycles. The van der Waals surface area contributed by atoms with E-state index in [2.05, 4.69) is 53.8 Å². The van der Waals surface area contributed by atoms with Gasteiger partial charge >= 0.3 is 32.0 Å². The van der Waals surface area contributed by atoms with E-state index in [9.17, 15) is 24.4 Å². The zero-order valence-corrected chi connectivity index (χ0v) is 45.2. The number of aryl methyl sites for hydroxylation is 5. The fraction of sp³-hybridized carbons (Fsp3) is 0.569. The number of anilines is 1. The minimum atomic E-state index is -0.849. The molecular formula is C51H81B2Cl3N4O9. The number of carboxylic acids is 1. The molecule has 3 aromatic carbocycles. The van der Waals surface area contributed by atoms with Gasteiger partial charge in [0.2, 0.25) is 0 Å². The topological polar surface area (TPSA) is 224 Å². The first-order valence-corrected chi connectivity index (χ1v) is 25.1. The molecule has 0 radical (unpaired) electrons. The molecular weight excluding hydrogens is 941 g/mol. The number of hydrogen-bond acceptors (Lipinski definition) is 12. The predicted molar refractivity (Wildman–Crippen MR) is 287 cm³/mol. The van der Waals surface area contributed by atoms with Gasteiger partial charge in [-0.2, -0.15) is 0 Å². The van der Waals surface area contributed by atoms with Crippen LogP contribution in [0.1, 0.15) is 118 Å². The molecule has 0 spiro atoms. The van der Waals surface area contributed by atoms with Crippen molar-refractivity contribution in [1.29, 1.82) is 0 Å². The molecule has 13 nitrogen and oxygen atoms in total. The summed E-state index contributed by atoms with van der Waals surface area (Å²) in [5.74, 6) is 0.0164. The lowest BCUT2D eigenvalue weighted by atomic mass is 9.85. The molecule has 69 heavy (non-hydrogen) atoms. The van der Waals surface area contributed by atoms with Crippen LogP contribution < -0.4 is 21.9 Å². The Balaban J connectivity index is 0.000000976. The number of hydrogen-bond donors (Lipinski definition) is 7. The summed E-state index contributed by atoms with van der Waals surface area (Å²) in [6.07, 6.45) is 6.69. The van der Waals surface area contributed by atoms with Gasteiger partial charge in [0.1, 0.15) is 17.5 Å². The summed E-state index contributed by atoms with van der Waals surface area (Å²) in [5.41, 5.74) is 20.6. The van der Waals surface area contributed by atoms with E-state index in [-0.39, 0.29) is 55.2 Å². The predicted octanol–water partition coefficient (Wildman–Crippen LogP) is 8.36. The number of rotatable bonds is 23. The number of aliphatic carboxylic acids is 1. The molecule has 0 saturated carbocycles. The number of aldehydes is 1. The molecule has 0 aliphatic heterocycles. The van der Waals surface area contributed by atoms with Gasteiger partial charge < -0.3 is 51.3 Å². The Morgan fingerprint density at radius 3 is 1.36 bits per heavy atom. The fourth-order valence-electron chi connectivity index (χ4n) is 6.99. The van der Waals surface area contributed by atoms with Crippen molar-refractivity contribution in [3.63, 3.8) is 0 Å². The maximum Gasteiger partial charge on any atom is 0.373 e. The number of alkyl halides is 3. The van der Waals surface area contributed by atoms with Gasteiger partial charge in [-0.25, -0.2) is 0 Å². The van der Waals surface area contributed by atoms with Crippen molar-refractivity contribution < 1.29 is 43.8 Å². The van der Waals surface area contributed by atoms with Crippen LogP contribution in [0.4, 0.5) is 5.69 Å². The number of nitrogens with two attached hydrogens (primary N) is 2. The minimum absolute atomic E-state index is 0.00531. The monoisotopic (exact) mass is 1020 g/mol. The fourth-order valence-corrected chi connectivity index (χ4v) is 7.26.